The molecule has 4 aliphatic rings. The summed E-state index contributed by atoms with van der Waals surface area (Å²) in [7, 11) is 0. The number of epoxide rings is 4. The summed E-state index contributed by atoms with van der Waals surface area (Å²) in [5.41, 5.74) is 0. The van der Waals surface area contributed by atoms with E-state index in [4.69, 9.17) is 56.8 Å². The quantitative estimate of drug-likeness (QED) is 0.0575. The third kappa shape index (κ3) is 10.9. The van der Waals surface area contributed by atoms with Crippen LogP contribution in [0.15, 0.2) is 109 Å². The van der Waals surface area contributed by atoms with Crippen molar-refractivity contribution in [2.45, 2.75) is 36.6 Å². The fraction of sp³-hybridized carbons (Fsp3) is 0.375. The molecule has 4 heterocycles. The Bertz CT molecular complexity index is 2390. The van der Waals surface area contributed by atoms with Crippen LogP contribution in [0.2, 0.25) is 0 Å². The fourth-order valence-corrected chi connectivity index (χ4v) is 6.77. The predicted octanol–water partition coefficient (Wildman–Crippen LogP) is 7.19. The van der Waals surface area contributed by atoms with E-state index < -0.39 is 0 Å². The fourth-order valence-electron chi connectivity index (χ4n) is 6.77. The minimum absolute atomic E-state index is 0.113. The molecule has 0 N–H and O–H groups in total. The molecule has 60 heavy (non-hydrogen) atoms. The lowest BCUT2D eigenvalue weighted by Gasteiger charge is -2.20. The molecule has 0 amide bonds. The highest BCUT2D eigenvalue weighted by atomic mass is 16.6. The molecule has 0 saturated carbocycles. The molecule has 6 aromatic rings. The van der Waals surface area contributed by atoms with Gasteiger partial charge in [0.25, 0.3) is 0 Å². The molecule has 312 valence electrons. The molecule has 6 atom stereocenters. The van der Waals surface area contributed by atoms with E-state index in [2.05, 4.69) is 12.1 Å². The smallest absolute Gasteiger partial charge is 0.127 e. The number of fused-ring (bicyclic) bond motifs is 3. The first-order chi connectivity index (χ1) is 29.6. The van der Waals surface area contributed by atoms with Crippen molar-refractivity contribution in [3.05, 3.63) is 109 Å². The van der Waals surface area contributed by atoms with E-state index in [9.17, 15) is 0 Å². The van der Waals surface area contributed by atoms with Gasteiger partial charge in [0, 0.05) is 5.39 Å². The summed E-state index contributed by atoms with van der Waals surface area (Å²) in [5, 5.41) is 6.22. The first kappa shape index (κ1) is 38.8. The standard InChI is InChI=1S/C48H48O12/c1-2-33-14-40(53-20-41(54-26-44-27-57-44)19-49-36-8-4-31-5-9-37(16-34(31)15-36)50-21-42-24-55-42)12-13-47(33)48(3-1)60-30-46(59-29-45-28-58-45)23-52-39-11-7-32-6-10-38(17-35(32)18-39)51-22-43-25-56-43/h1-18,41-46H,19-30H2. The lowest BCUT2D eigenvalue weighted by Crippen LogP contribution is -2.30. The Morgan fingerprint density at radius 1 is 0.383 bits per heavy atom. The van der Waals surface area contributed by atoms with Crippen molar-refractivity contribution < 1.29 is 56.8 Å². The zero-order chi connectivity index (χ0) is 40.1. The second-order valence-electron chi connectivity index (χ2n) is 15.6. The van der Waals surface area contributed by atoms with Crippen molar-refractivity contribution in [2.24, 2.45) is 0 Å². The lowest BCUT2D eigenvalue weighted by molar-refractivity contribution is -0.0131. The molecule has 4 fully saturated rings. The highest BCUT2D eigenvalue weighted by molar-refractivity contribution is 5.89. The van der Waals surface area contributed by atoms with Crippen molar-refractivity contribution in [3.8, 4) is 34.5 Å². The van der Waals surface area contributed by atoms with E-state index in [1.165, 1.54) is 0 Å². The van der Waals surface area contributed by atoms with E-state index >= 15 is 0 Å². The largest absolute Gasteiger partial charge is 0.491 e. The highest BCUT2D eigenvalue weighted by Gasteiger charge is 2.27. The molecule has 4 saturated heterocycles. The molecular formula is C48H48O12. The number of rotatable bonds is 24. The minimum Gasteiger partial charge on any atom is -0.491 e. The molecular weight excluding hydrogens is 769 g/mol. The molecule has 0 radical (unpaired) electrons. The minimum atomic E-state index is -0.329. The lowest BCUT2D eigenvalue weighted by atomic mass is 10.1. The monoisotopic (exact) mass is 816 g/mol. The maximum Gasteiger partial charge on any atom is 0.127 e. The second kappa shape index (κ2) is 18.1. The summed E-state index contributed by atoms with van der Waals surface area (Å²) < 4.78 is 70.8. The predicted molar refractivity (Wildman–Crippen MR) is 223 cm³/mol. The van der Waals surface area contributed by atoms with Crippen LogP contribution >= 0.6 is 0 Å². The van der Waals surface area contributed by atoms with Gasteiger partial charge in [-0.25, -0.2) is 0 Å². The summed E-state index contributed by atoms with van der Waals surface area (Å²) in [6.07, 6.45) is -0.0207. The molecule has 12 nitrogen and oxygen atoms in total. The van der Waals surface area contributed by atoms with E-state index in [0.717, 1.165) is 80.0 Å². The summed E-state index contributed by atoms with van der Waals surface area (Å²) >= 11 is 0. The van der Waals surface area contributed by atoms with Crippen LogP contribution in [0.1, 0.15) is 0 Å². The Hall–Kier alpha value is -5.34. The Morgan fingerprint density at radius 3 is 1.22 bits per heavy atom. The molecule has 10 rings (SSSR count). The molecule has 6 aromatic carbocycles. The Kier molecular flexibility index (Phi) is 11.7. The maximum atomic E-state index is 6.42. The Balaban J connectivity index is 0.752. The van der Waals surface area contributed by atoms with E-state index in [1.54, 1.807) is 0 Å². The Morgan fingerprint density at radius 2 is 0.767 bits per heavy atom. The van der Waals surface area contributed by atoms with Crippen LogP contribution in [0, 0.1) is 0 Å². The topological polar surface area (TPSA) is 124 Å². The van der Waals surface area contributed by atoms with Gasteiger partial charge in [0.2, 0.25) is 0 Å². The molecule has 0 bridgehead atoms. The number of ether oxygens (including phenoxy) is 12. The first-order valence-corrected chi connectivity index (χ1v) is 20.7. The van der Waals surface area contributed by atoms with Gasteiger partial charge in [-0.3, -0.25) is 0 Å². The van der Waals surface area contributed by atoms with Crippen LogP contribution in [-0.4, -0.2) is 116 Å². The van der Waals surface area contributed by atoms with Crippen LogP contribution in [0.25, 0.3) is 32.3 Å². The summed E-state index contributed by atoms with van der Waals surface area (Å²) in [6.45, 7) is 6.24. The second-order valence-corrected chi connectivity index (χ2v) is 15.6. The van der Waals surface area contributed by atoms with Gasteiger partial charge in [-0.2, -0.15) is 0 Å². The summed E-state index contributed by atoms with van der Waals surface area (Å²) in [6, 6.07) is 36.2. The summed E-state index contributed by atoms with van der Waals surface area (Å²) in [5.74, 6) is 4.57. The normalized spacial score (nSPS) is 21.0. The van der Waals surface area contributed by atoms with Gasteiger partial charge >= 0.3 is 0 Å². The van der Waals surface area contributed by atoms with Gasteiger partial charge < -0.3 is 56.8 Å². The van der Waals surface area contributed by atoms with E-state index in [1.807, 2.05) is 97.1 Å². The zero-order valence-electron chi connectivity index (χ0n) is 33.2. The highest BCUT2D eigenvalue weighted by Crippen LogP contribution is 2.31. The summed E-state index contributed by atoms with van der Waals surface area (Å²) in [4.78, 5) is 0. The van der Waals surface area contributed by atoms with Crippen LogP contribution in [0.3, 0.4) is 0 Å². The van der Waals surface area contributed by atoms with Gasteiger partial charge in [0.15, 0.2) is 0 Å². The van der Waals surface area contributed by atoms with Crippen molar-refractivity contribution in [1.82, 2.24) is 0 Å². The molecule has 6 unspecified atom stereocenters. The van der Waals surface area contributed by atoms with E-state index in [-0.39, 0.29) is 36.6 Å². The van der Waals surface area contributed by atoms with Gasteiger partial charge in [-0.05, 0) is 99.7 Å². The van der Waals surface area contributed by atoms with Gasteiger partial charge in [0.05, 0.1) is 39.6 Å². The van der Waals surface area contributed by atoms with Crippen molar-refractivity contribution >= 4 is 32.3 Å². The average Bonchev–Trinajstić information content (AvgIpc) is 4.06. The SMILES string of the molecule is c1cc(OCC(COc2ccc3ccc(OCC4CO4)cc3c2)OCC2CO2)c2ccc(OCC(COc3ccc4ccc(OCC5CO5)cc4c3)OCC3CO3)cc2c1. The molecule has 0 aliphatic carbocycles. The van der Waals surface area contributed by atoms with Gasteiger partial charge in [0.1, 0.15) is 111 Å². The molecule has 0 aromatic heterocycles. The van der Waals surface area contributed by atoms with E-state index in [0.29, 0.717) is 66.1 Å². The van der Waals surface area contributed by atoms with Crippen LogP contribution in [0.5, 0.6) is 34.5 Å². The zero-order valence-corrected chi connectivity index (χ0v) is 33.2. The van der Waals surface area contributed by atoms with Crippen LogP contribution < -0.4 is 28.4 Å². The number of benzene rings is 6. The maximum absolute atomic E-state index is 6.42. The van der Waals surface area contributed by atoms with Crippen molar-refractivity contribution in [1.29, 1.82) is 0 Å². The average molecular weight is 817 g/mol. The van der Waals surface area contributed by atoms with Crippen molar-refractivity contribution in [3.63, 3.8) is 0 Å². The van der Waals surface area contributed by atoms with Gasteiger partial charge in [-0.1, -0.05) is 36.4 Å². The van der Waals surface area contributed by atoms with Crippen LogP contribution in [0.4, 0.5) is 0 Å². The van der Waals surface area contributed by atoms with Crippen LogP contribution in [-0.2, 0) is 28.4 Å². The molecule has 4 aliphatic heterocycles. The van der Waals surface area contributed by atoms with Gasteiger partial charge in [-0.15, -0.1) is 0 Å². The third-order valence-electron chi connectivity index (χ3n) is 10.6. The number of hydrogen-bond donors (Lipinski definition) is 0. The third-order valence-corrected chi connectivity index (χ3v) is 10.6. The molecule has 0 spiro atoms. The van der Waals surface area contributed by atoms with Crippen molar-refractivity contribution in [2.75, 3.05) is 79.3 Å². The first-order valence-electron chi connectivity index (χ1n) is 20.7. The Labute approximate surface area is 347 Å². The number of hydrogen-bond acceptors (Lipinski definition) is 12. The molecule has 12 heteroatoms.